The van der Waals surface area contributed by atoms with Crippen molar-refractivity contribution in [2.45, 2.75) is 6.42 Å². The summed E-state index contributed by atoms with van der Waals surface area (Å²) in [6.45, 7) is 0. The van der Waals surface area contributed by atoms with Crippen molar-refractivity contribution in [2.24, 2.45) is 0 Å². The van der Waals surface area contributed by atoms with Gasteiger partial charge in [0, 0.05) is 11.9 Å². The molecular weight excluding hydrogens is 252 g/mol. The lowest BCUT2D eigenvalue weighted by atomic mass is 10.2. The molecule has 0 fully saturated rings. The lowest BCUT2D eigenvalue weighted by molar-refractivity contribution is 0.414. The second-order valence-electron chi connectivity index (χ2n) is 4.26. The van der Waals surface area contributed by atoms with Gasteiger partial charge in [-0.05, 0) is 30.3 Å². The quantitative estimate of drug-likeness (QED) is 0.729. The van der Waals surface area contributed by atoms with Crippen molar-refractivity contribution in [1.82, 2.24) is 14.5 Å². The van der Waals surface area contributed by atoms with E-state index in [4.69, 9.17) is 10.00 Å². The fourth-order valence-corrected chi connectivity index (χ4v) is 2.19. The normalized spacial score (nSPS) is 10.4. The van der Waals surface area contributed by atoms with Crippen LogP contribution in [0.3, 0.4) is 0 Å². The molecule has 3 rings (SSSR count). The van der Waals surface area contributed by atoms with Gasteiger partial charge in [0.05, 0.1) is 31.3 Å². The summed E-state index contributed by atoms with van der Waals surface area (Å²) in [5.74, 6) is 1.50. The van der Waals surface area contributed by atoms with E-state index in [2.05, 4.69) is 16.0 Å². The zero-order valence-electron chi connectivity index (χ0n) is 10.9. The van der Waals surface area contributed by atoms with Crippen LogP contribution in [-0.2, 0) is 6.42 Å². The molecule has 2 heterocycles. The molecule has 0 aliphatic heterocycles. The van der Waals surface area contributed by atoms with Crippen molar-refractivity contribution in [1.29, 1.82) is 5.26 Å². The lowest BCUT2D eigenvalue weighted by Crippen LogP contribution is -2.00. The van der Waals surface area contributed by atoms with Gasteiger partial charge in [-0.2, -0.15) is 5.26 Å². The van der Waals surface area contributed by atoms with Gasteiger partial charge in [0.15, 0.2) is 0 Å². The number of pyridine rings is 1. The molecule has 0 aliphatic carbocycles. The molecule has 0 atom stereocenters. The highest BCUT2D eigenvalue weighted by atomic mass is 16.5. The van der Waals surface area contributed by atoms with Gasteiger partial charge < -0.3 is 4.74 Å². The third-order valence-electron chi connectivity index (χ3n) is 3.09. The summed E-state index contributed by atoms with van der Waals surface area (Å²) in [5, 5.41) is 8.96. The minimum Gasteiger partial charge on any atom is -0.497 e. The number of hydrogen-bond donors (Lipinski definition) is 0. The van der Waals surface area contributed by atoms with Gasteiger partial charge in [-0.1, -0.05) is 0 Å². The summed E-state index contributed by atoms with van der Waals surface area (Å²) in [6, 6.07) is 11.7. The molecule has 98 valence electrons. The second-order valence-corrected chi connectivity index (χ2v) is 4.26. The van der Waals surface area contributed by atoms with E-state index in [1.54, 1.807) is 19.5 Å². The summed E-state index contributed by atoms with van der Waals surface area (Å²) in [4.78, 5) is 8.54. The van der Waals surface area contributed by atoms with Crippen LogP contribution < -0.4 is 4.74 Å². The van der Waals surface area contributed by atoms with Crippen LogP contribution in [-0.4, -0.2) is 21.6 Å². The third kappa shape index (κ3) is 1.97. The van der Waals surface area contributed by atoms with Gasteiger partial charge in [0.1, 0.15) is 17.1 Å². The van der Waals surface area contributed by atoms with E-state index in [1.807, 2.05) is 34.9 Å². The van der Waals surface area contributed by atoms with Crippen molar-refractivity contribution < 1.29 is 4.74 Å². The highest BCUT2D eigenvalue weighted by molar-refractivity contribution is 5.77. The van der Waals surface area contributed by atoms with Gasteiger partial charge >= 0.3 is 0 Å². The van der Waals surface area contributed by atoms with Crippen molar-refractivity contribution >= 4 is 11.0 Å². The Morgan fingerprint density at radius 2 is 2.05 bits per heavy atom. The van der Waals surface area contributed by atoms with Gasteiger partial charge in [-0.25, -0.2) is 4.98 Å². The number of methoxy groups -OCH3 is 1. The summed E-state index contributed by atoms with van der Waals surface area (Å²) in [6.07, 6.45) is 3.68. The Morgan fingerprint density at radius 3 is 2.75 bits per heavy atom. The topological polar surface area (TPSA) is 63.7 Å². The van der Waals surface area contributed by atoms with Crippen LogP contribution in [0.1, 0.15) is 5.82 Å². The number of nitrogens with zero attached hydrogens (tertiary/aromatic N) is 4. The summed E-state index contributed by atoms with van der Waals surface area (Å²) in [7, 11) is 1.63. The number of fused-ring (bicyclic) bond motifs is 1. The molecular formula is C15H12N4O. The molecule has 0 bridgehead atoms. The molecule has 2 aromatic heterocycles. The molecule has 0 N–H and O–H groups in total. The minimum atomic E-state index is 0.251. The van der Waals surface area contributed by atoms with E-state index in [-0.39, 0.29) is 6.42 Å². The Bertz CT molecular complexity index is 784. The standard InChI is InChI=1S/C15H12N4O/c1-20-12-4-2-11(3-5-12)19-14-7-9-17-10-13(14)18-15(19)6-8-16/h2-5,7,9-10H,6H2,1H3. The average molecular weight is 264 g/mol. The Balaban J connectivity index is 2.21. The van der Waals surface area contributed by atoms with Crippen LogP contribution in [0.25, 0.3) is 16.7 Å². The average Bonchev–Trinajstić information content (AvgIpc) is 2.86. The first-order chi connectivity index (χ1) is 9.83. The molecule has 0 spiro atoms. The number of aromatic nitrogens is 3. The van der Waals surface area contributed by atoms with Crippen LogP contribution in [0.15, 0.2) is 42.7 Å². The number of rotatable bonds is 3. The first-order valence-electron chi connectivity index (χ1n) is 6.16. The first kappa shape index (κ1) is 12.2. The number of hydrogen-bond acceptors (Lipinski definition) is 4. The van der Waals surface area contributed by atoms with Gasteiger partial charge in [0.2, 0.25) is 0 Å². The SMILES string of the molecule is COc1ccc(-n2c(CC#N)nc3cnccc32)cc1. The Labute approximate surface area is 116 Å². The van der Waals surface area contributed by atoms with Crippen molar-refractivity contribution in [3.05, 3.63) is 48.5 Å². The highest BCUT2D eigenvalue weighted by Crippen LogP contribution is 2.22. The van der Waals surface area contributed by atoms with Crippen molar-refractivity contribution in [3.8, 4) is 17.5 Å². The maximum Gasteiger partial charge on any atom is 0.128 e. The molecule has 5 nitrogen and oxygen atoms in total. The van der Waals surface area contributed by atoms with E-state index < -0.39 is 0 Å². The van der Waals surface area contributed by atoms with E-state index in [0.717, 1.165) is 22.5 Å². The molecule has 0 radical (unpaired) electrons. The van der Waals surface area contributed by atoms with Crippen LogP contribution in [0.4, 0.5) is 0 Å². The minimum absolute atomic E-state index is 0.251. The smallest absolute Gasteiger partial charge is 0.128 e. The van der Waals surface area contributed by atoms with Gasteiger partial charge in [-0.3, -0.25) is 9.55 Å². The number of ether oxygens (including phenoxy) is 1. The van der Waals surface area contributed by atoms with E-state index in [9.17, 15) is 0 Å². The van der Waals surface area contributed by atoms with Gasteiger partial charge in [0.25, 0.3) is 0 Å². The molecule has 1 aromatic carbocycles. The van der Waals surface area contributed by atoms with Crippen LogP contribution in [0.2, 0.25) is 0 Å². The number of nitriles is 1. The molecule has 0 saturated carbocycles. The first-order valence-corrected chi connectivity index (χ1v) is 6.16. The Hall–Kier alpha value is -2.87. The van der Waals surface area contributed by atoms with Crippen LogP contribution >= 0.6 is 0 Å². The predicted molar refractivity (Wildman–Crippen MR) is 74.7 cm³/mol. The lowest BCUT2D eigenvalue weighted by Gasteiger charge is -2.08. The summed E-state index contributed by atoms with van der Waals surface area (Å²) < 4.78 is 7.14. The Morgan fingerprint density at radius 1 is 1.25 bits per heavy atom. The van der Waals surface area contributed by atoms with Crippen molar-refractivity contribution in [2.75, 3.05) is 7.11 Å². The molecule has 20 heavy (non-hydrogen) atoms. The third-order valence-corrected chi connectivity index (χ3v) is 3.09. The maximum atomic E-state index is 8.96. The Kier molecular flexibility index (Phi) is 3.05. The number of benzene rings is 1. The number of imidazole rings is 1. The molecule has 0 aliphatic rings. The molecule has 0 amide bonds. The predicted octanol–water partition coefficient (Wildman–Crippen LogP) is 2.50. The summed E-state index contributed by atoms with van der Waals surface area (Å²) in [5.41, 5.74) is 2.67. The molecule has 0 saturated heterocycles. The largest absolute Gasteiger partial charge is 0.497 e. The van der Waals surface area contributed by atoms with Crippen LogP contribution in [0, 0.1) is 11.3 Å². The van der Waals surface area contributed by atoms with Gasteiger partial charge in [-0.15, -0.1) is 0 Å². The maximum absolute atomic E-state index is 8.96. The summed E-state index contributed by atoms with van der Waals surface area (Å²) >= 11 is 0. The molecule has 0 unspecified atom stereocenters. The molecule has 5 heteroatoms. The second kappa shape index (κ2) is 5.02. The van der Waals surface area contributed by atoms with E-state index in [1.165, 1.54) is 0 Å². The zero-order valence-corrected chi connectivity index (χ0v) is 10.9. The fourth-order valence-electron chi connectivity index (χ4n) is 2.19. The van der Waals surface area contributed by atoms with Crippen LogP contribution in [0.5, 0.6) is 5.75 Å². The van der Waals surface area contributed by atoms with E-state index in [0.29, 0.717) is 5.82 Å². The monoisotopic (exact) mass is 264 g/mol. The van der Waals surface area contributed by atoms with E-state index >= 15 is 0 Å². The fraction of sp³-hybridized carbons (Fsp3) is 0.133. The highest BCUT2D eigenvalue weighted by Gasteiger charge is 2.12. The molecule has 3 aromatic rings. The van der Waals surface area contributed by atoms with Crippen molar-refractivity contribution in [3.63, 3.8) is 0 Å². The zero-order chi connectivity index (χ0) is 13.9.